The van der Waals surface area contributed by atoms with Gasteiger partial charge in [0, 0.05) is 23.6 Å². The molecule has 0 spiro atoms. The molecule has 212 valence electrons. The molecule has 0 saturated carbocycles. The lowest BCUT2D eigenvalue weighted by Crippen LogP contribution is -2.45. The van der Waals surface area contributed by atoms with Crippen molar-refractivity contribution < 1.29 is 27.5 Å². The summed E-state index contributed by atoms with van der Waals surface area (Å²) in [7, 11) is 0. The summed E-state index contributed by atoms with van der Waals surface area (Å²) in [5.41, 5.74) is 3.29. The molecular weight excluding hydrogens is 541 g/mol. The number of amides is 1. The smallest absolute Gasteiger partial charge is 0.471 e. The number of rotatable bonds is 5. The van der Waals surface area contributed by atoms with Gasteiger partial charge >= 0.3 is 12.1 Å². The molecule has 1 heterocycles. The van der Waals surface area contributed by atoms with Crippen molar-refractivity contribution >= 4 is 23.1 Å². The summed E-state index contributed by atoms with van der Waals surface area (Å²) >= 11 is 0. The Morgan fingerprint density at radius 3 is 2.21 bits per heavy atom. The summed E-state index contributed by atoms with van der Waals surface area (Å²) in [6, 6.07) is 30.7. The minimum absolute atomic E-state index is 0.0547. The van der Waals surface area contributed by atoms with Crippen molar-refractivity contribution in [1.82, 2.24) is 0 Å². The molecule has 0 bridgehead atoms. The summed E-state index contributed by atoms with van der Waals surface area (Å²) in [6.45, 7) is 0.350. The number of carbonyl (C=O) groups is 2. The van der Waals surface area contributed by atoms with Gasteiger partial charge in [0.05, 0.1) is 17.4 Å². The Bertz CT molecular complexity index is 1650. The Kier molecular flexibility index (Phi) is 7.29. The SMILES string of the molecule is O=C1CC(c2ccccc2OCc2ccccc2)CC2=C1C(c1ccccc1)N(C(=O)C(F)(F)F)c1ccccc1N2. The molecule has 1 aliphatic carbocycles. The second-order valence-corrected chi connectivity index (χ2v) is 10.4. The predicted molar refractivity (Wildman–Crippen MR) is 154 cm³/mol. The van der Waals surface area contributed by atoms with Crippen molar-refractivity contribution in [3.05, 3.63) is 137 Å². The molecule has 4 aromatic carbocycles. The highest BCUT2D eigenvalue weighted by Crippen LogP contribution is 2.49. The number of anilines is 2. The normalized spacial score (nSPS) is 18.5. The van der Waals surface area contributed by atoms with Gasteiger partial charge in [0.1, 0.15) is 12.4 Å². The summed E-state index contributed by atoms with van der Waals surface area (Å²) in [4.78, 5) is 27.8. The van der Waals surface area contributed by atoms with Crippen LogP contribution in [-0.4, -0.2) is 17.9 Å². The number of Topliss-reactive ketones (excluding diaryl/α,β-unsaturated/α-hetero) is 1. The number of fused-ring (bicyclic) bond motifs is 1. The van der Waals surface area contributed by atoms with Crippen LogP contribution in [0.1, 0.15) is 41.5 Å². The number of halogens is 3. The van der Waals surface area contributed by atoms with Gasteiger partial charge in [-0.15, -0.1) is 0 Å². The van der Waals surface area contributed by atoms with Gasteiger partial charge in [0.25, 0.3) is 0 Å². The molecule has 0 radical (unpaired) electrons. The van der Waals surface area contributed by atoms with Gasteiger partial charge in [-0.2, -0.15) is 13.2 Å². The molecule has 6 rings (SSSR count). The van der Waals surface area contributed by atoms with E-state index >= 15 is 0 Å². The third kappa shape index (κ3) is 5.28. The van der Waals surface area contributed by atoms with Gasteiger partial charge < -0.3 is 10.1 Å². The molecule has 0 saturated heterocycles. The molecule has 2 atom stereocenters. The maximum Gasteiger partial charge on any atom is 0.471 e. The number of carbonyl (C=O) groups excluding carboxylic acids is 2. The fraction of sp³-hybridized carbons (Fsp3) is 0.176. The number of alkyl halides is 3. The van der Waals surface area contributed by atoms with E-state index in [1.54, 1.807) is 48.5 Å². The van der Waals surface area contributed by atoms with Crippen molar-refractivity contribution in [3.8, 4) is 5.75 Å². The van der Waals surface area contributed by atoms with E-state index < -0.39 is 18.1 Å². The number of hydrogen-bond donors (Lipinski definition) is 1. The van der Waals surface area contributed by atoms with Gasteiger partial charge in [0.2, 0.25) is 0 Å². The van der Waals surface area contributed by atoms with Crippen molar-refractivity contribution in [2.45, 2.75) is 37.6 Å². The summed E-state index contributed by atoms with van der Waals surface area (Å²) < 4.78 is 48.4. The first-order chi connectivity index (χ1) is 20.3. The minimum atomic E-state index is -5.15. The van der Waals surface area contributed by atoms with Crippen molar-refractivity contribution in [3.63, 3.8) is 0 Å². The average molecular weight is 569 g/mol. The van der Waals surface area contributed by atoms with E-state index in [4.69, 9.17) is 4.74 Å². The fourth-order valence-electron chi connectivity index (χ4n) is 5.81. The van der Waals surface area contributed by atoms with Crippen molar-refractivity contribution in [1.29, 1.82) is 0 Å². The number of nitrogens with one attached hydrogen (secondary N) is 1. The van der Waals surface area contributed by atoms with E-state index in [0.29, 0.717) is 35.7 Å². The van der Waals surface area contributed by atoms with Crippen LogP contribution in [0.3, 0.4) is 0 Å². The average Bonchev–Trinajstić information content (AvgIpc) is 3.15. The molecular formula is C34H27F3N2O3. The zero-order valence-electron chi connectivity index (χ0n) is 22.5. The first-order valence-electron chi connectivity index (χ1n) is 13.6. The summed E-state index contributed by atoms with van der Waals surface area (Å²) in [6.07, 6.45) is -4.75. The van der Waals surface area contributed by atoms with Crippen LogP contribution in [0.25, 0.3) is 0 Å². The lowest BCUT2D eigenvalue weighted by atomic mass is 9.78. The van der Waals surface area contributed by atoms with E-state index in [9.17, 15) is 22.8 Å². The van der Waals surface area contributed by atoms with Crippen LogP contribution in [0.4, 0.5) is 24.5 Å². The number of nitrogens with zero attached hydrogens (tertiary/aromatic N) is 1. The molecule has 5 nitrogen and oxygen atoms in total. The van der Waals surface area contributed by atoms with Gasteiger partial charge in [-0.05, 0) is 41.3 Å². The van der Waals surface area contributed by atoms with Gasteiger partial charge in [-0.3, -0.25) is 14.5 Å². The third-order valence-corrected chi connectivity index (χ3v) is 7.66. The quantitative estimate of drug-likeness (QED) is 0.268. The molecule has 8 heteroatoms. The van der Waals surface area contributed by atoms with Crippen molar-refractivity contribution in [2.75, 3.05) is 10.2 Å². The maximum absolute atomic E-state index is 14.1. The number of allylic oxidation sites excluding steroid dienone is 1. The molecule has 2 unspecified atom stereocenters. The first-order valence-corrected chi connectivity index (χ1v) is 13.6. The molecule has 2 aliphatic rings. The molecule has 1 aliphatic heterocycles. The van der Waals surface area contributed by atoms with Gasteiger partial charge in [-0.1, -0.05) is 91.0 Å². The third-order valence-electron chi connectivity index (χ3n) is 7.66. The van der Waals surface area contributed by atoms with E-state index in [1.807, 2.05) is 54.6 Å². The molecule has 42 heavy (non-hydrogen) atoms. The van der Waals surface area contributed by atoms with E-state index in [2.05, 4.69) is 5.32 Å². The Balaban J connectivity index is 1.44. The highest BCUT2D eigenvalue weighted by Gasteiger charge is 2.50. The lowest BCUT2D eigenvalue weighted by molar-refractivity contribution is -0.170. The zero-order chi connectivity index (χ0) is 29.3. The van der Waals surface area contributed by atoms with Crippen LogP contribution >= 0.6 is 0 Å². The van der Waals surface area contributed by atoms with Crippen LogP contribution in [0, 0.1) is 0 Å². The fourth-order valence-corrected chi connectivity index (χ4v) is 5.81. The first kappa shape index (κ1) is 27.3. The molecule has 0 aromatic heterocycles. The Labute approximate surface area is 241 Å². The number of benzene rings is 4. The largest absolute Gasteiger partial charge is 0.489 e. The molecule has 0 fully saturated rings. The second kappa shape index (κ2) is 11.2. The number of ketones is 1. The highest BCUT2D eigenvalue weighted by molar-refractivity contribution is 6.07. The van der Waals surface area contributed by atoms with Crippen LogP contribution < -0.4 is 15.0 Å². The lowest BCUT2D eigenvalue weighted by Gasteiger charge is -2.35. The molecule has 1 N–H and O–H groups in total. The molecule has 1 amide bonds. The Morgan fingerprint density at radius 2 is 1.48 bits per heavy atom. The minimum Gasteiger partial charge on any atom is -0.489 e. The van der Waals surface area contributed by atoms with Crippen LogP contribution in [-0.2, 0) is 16.2 Å². The predicted octanol–water partition coefficient (Wildman–Crippen LogP) is 7.73. The van der Waals surface area contributed by atoms with Crippen molar-refractivity contribution in [2.24, 2.45) is 0 Å². The van der Waals surface area contributed by atoms with Crippen LogP contribution in [0.5, 0.6) is 5.75 Å². The van der Waals surface area contributed by atoms with Crippen LogP contribution in [0.15, 0.2) is 120 Å². The standard InChI is InChI=1S/C34H27F3N2O3/c35-34(36,37)33(41)39-28-17-9-8-16-26(28)38-27-19-24(20-29(40)31(27)32(39)23-13-5-2-6-14-23)25-15-7-10-18-30(25)42-21-22-11-3-1-4-12-22/h1-18,24,32,38H,19-21H2. The molecule has 4 aromatic rings. The summed E-state index contributed by atoms with van der Waals surface area (Å²) in [5.74, 6) is -2.00. The number of ether oxygens (including phenoxy) is 1. The number of hydrogen-bond acceptors (Lipinski definition) is 4. The Morgan fingerprint density at radius 1 is 0.833 bits per heavy atom. The highest BCUT2D eigenvalue weighted by atomic mass is 19.4. The zero-order valence-corrected chi connectivity index (χ0v) is 22.5. The van der Waals surface area contributed by atoms with Crippen LogP contribution in [0.2, 0.25) is 0 Å². The maximum atomic E-state index is 14.1. The second-order valence-electron chi connectivity index (χ2n) is 10.4. The Hall–Kier alpha value is -4.85. The van der Waals surface area contributed by atoms with E-state index in [-0.39, 0.29) is 29.4 Å². The number of para-hydroxylation sites is 3. The van der Waals surface area contributed by atoms with Gasteiger partial charge in [-0.25, -0.2) is 0 Å². The summed E-state index contributed by atoms with van der Waals surface area (Å²) in [5, 5.41) is 3.26. The topological polar surface area (TPSA) is 58.6 Å². The van der Waals surface area contributed by atoms with Gasteiger partial charge in [0.15, 0.2) is 5.78 Å². The van der Waals surface area contributed by atoms with E-state index in [0.717, 1.165) is 16.0 Å². The van der Waals surface area contributed by atoms with E-state index in [1.165, 1.54) is 6.07 Å². The monoisotopic (exact) mass is 568 g/mol.